The minimum Gasteiger partial charge on any atom is -0.426 e. The van der Waals surface area contributed by atoms with Crippen molar-refractivity contribution in [1.29, 1.82) is 0 Å². The third-order valence-electron chi connectivity index (χ3n) is 6.41. The van der Waals surface area contributed by atoms with E-state index in [0.29, 0.717) is 48.3 Å². The molecule has 42 heavy (non-hydrogen) atoms. The van der Waals surface area contributed by atoms with Gasteiger partial charge >= 0.3 is 12.1 Å². The average Bonchev–Trinajstić information content (AvgIpc) is 3.72. The van der Waals surface area contributed by atoms with Crippen LogP contribution in [0.2, 0.25) is 0 Å². The number of esters is 1. The van der Waals surface area contributed by atoms with E-state index in [-0.39, 0.29) is 23.3 Å². The zero-order chi connectivity index (χ0) is 30.8. The minimum atomic E-state index is -0.976. The molecule has 14 heteroatoms. The van der Waals surface area contributed by atoms with E-state index >= 15 is 0 Å². The lowest BCUT2D eigenvalue weighted by molar-refractivity contribution is -0.154. The second-order valence-corrected chi connectivity index (χ2v) is 9.58. The summed E-state index contributed by atoms with van der Waals surface area (Å²) in [6, 6.07) is 3.82. The summed E-state index contributed by atoms with van der Waals surface area (Å²) < 4.78 is 9.87. The van der Waals surface area contributed by atoms with Gasteiger partial charge in [0.25, 0.3) is 11.8 Å². The molecule has 14 nitrogen and oxygen atoms in total. The van der Waals surface area contributed by atoms with Crippen LogP contribution in [0.4, 0.5) is 10.5 Å². The molecule has 0 saturated heterocycles. The number of aryl methyl sites for hydroxylation is 1. The molecule has 0 unspecified atom stereocenters. The highest BCUT2D eigenvalue weighted by Crippen LogP contribution is 2.30. The normalized spacial score (nSPS) is 13.8. The van der Waals surface area contributed by atoms with Gasteiger partial charge in [-0.15, -0.1) is 0 Å². The summed E-state index contributed by atoms with van der Waals surface area (Å²) in [5.74, 6) is -1.49. The number of aromatic amines is 1. The van der Waals surface area contributed by atoms with Gasteiger partial charge in [-0.3, -0.25) is 14.4 Å². The smallest absolute Gasteiger partial charge is 0.419 e. The average molecular weight is 582 g/mol. The Morgan fingerprint density at radius 2 is 1.95 bits per heavy atom. The zero-order valence-corrected chi connectivity index (χ0v) is 23.9. The fraction of sp³-hybridized carbons (Fsp3) is 0.393. The van der Waals surface area contributed by atoms with Crippen LogP contribution in [0.1, 0.15) is 70.6 Å². The van der Waals surface area contributed by atoms with Crippen LogP contribution >= 0.6 is 0 Å². The molecule has 3 rings (SSSR count). The van der Waals surface area contributed by atoms with Gasteiger partial charge in [0.1, 0.15) is 6.04 Å². The van der Waals surface area contributed by atoms with Crippen molar-refractivity contribution in [2.24, 2.45) is 15.7 Å². The highest BCUT2D eigenvalue weighted by Gasteiger charge is 2.40. The minimum absolute atomic E-state index is 0.161. The predicted octanol–water partition coefficient (Wildman–Crippen LogP) is 2.21. The van der Waals surface area contributed by atoms with E-state index in [4.69, 9.17) is 15.2 Å². The highest BCUT2D eigenvalue weighted by atomic mass is 16.7. The van der Waals surface area contributed by atoms with Crippen LogP contribution in [0, 0.1) is 13.8 Å². The molecule has 1 aliphatic carbocycles. The Kier molecular flexibility index (Phi) is 10.9. The third kappa shape index (κ3) is 7.80. The van der Waals surface area contributed by atoms with Crippen molar-refractivity contribution in [3.05, 3.63) is 52.3 Å². The maximum absolute atomic E-state index is 13.5. The van der Waals surface area contributed by atoms with Crippen molar-refractivity contribution < 1.29 is 33.4 Å². The molecule has 1 aromatic heterocycles. The molecule has 1 heterocycles. The third-order valence-corrected chi connectivity index (χ3v) is 6.41. The number of nitrogens with two attached hydrogens (primary N) is 1. The van der Waals surface area contributed by atoms with E-state index in [1.54, 1.807) is 25.1 Å². The van der Waals surface area contributed by atoms with E-state index in [1.165, 1.54) is 13.1 Å². The molecule has 5 N–H and O–H groups in total. The molecule has 224 valence electrons. The first-order valence-corrected chi connectivity index (χ1v) is 13.4. The van der Waals surface area contributed by atoms with E-state index < -0.39 is 30.8 Å². The van der Waals surface area contributed by atoms with Crippen LogP contribution in [0.15, 0.2) is 34.4 Å². The topological polar surface area (TPSA) is 198 Å². The molecule has 1 saturated carbocycles. The molecule has 1 aliphatic rings. The van der Waals surface area contributed by atoms with Gasteiger partial charge < -0.3 is 30.8 Å². The summed E-state index contributed by atoms with van der Waals surface area (Å²) in [6.45, 7) is 6.68. The number of rotatable bonds is 12. The van der Waals surface area contributed by atoms with Crippen LogP contribution in [0.25, 0.3) is 0 Å². The summed E-state index contributed by atoms with van der Waals surface area (Å²) in [7, 11) is 0. The van der Waals surface area contributed by atoms with Crippen molar-refractivity contribution in [3.63, 3.8) is 0 Å². The summed E-state index contributed by atoms with van der Waals surface area (Å²) in [6.07, 6.45) is 3.87. The zero-order valence-electron chi connectivity index (χ0n) is 23.9. The van der Waals surface area contributed by atoms with Crippen LogP contribution in [-0.2, 0) is 19.1 Å². The van der Waals surface area contributed by atoms with E-state index in [0.717, 1.165) is 23.2 Å². The Morgan fingerprint density at radius 3 is 2.60 bits per heavy atom. The van der Waals surface area contributed by atoms with Gasteiger partial charge in [-0.2, -0.15) is 0 Å². The summed E-state index contributed by atoms with van der Waals surface area (Å²) in [5, 5.41) is 5.05. The van der Waals surface area contributed by atoms with Crippen LogP contribution < -0.4 is 16.4 Å². The SMILES string of the molecule is CCCNC(=O)c1ccc(C)c(N=C(N=CN)c2[nH]cc(C(=O)N(C(=O)OCOC(=O)[C@H](C)NC=O)C3CC3)c2C)c1. The molecule has 1 fully saturated rings. The monoisotopic (exact) mass is 581 g/mol. The van der Waals surface area contributed by atoms with Gasteiger partial charge in [0.2, 0.25) is 13.2 Å². The number of hydrogen-bond donors (Lipinski definition) is 4. The van der Waals surface area contributed by atoms with E-state index in [9.17, 15) is 24.0 Å². The number of benzene rings is 1. The largest absolute Gasteiger partial charge is 0.426 e. The van der Waals surface area contributed by atoms with Gasteiger partial charge in [-0.1, -0.05) is 13.0 Å². The predicted molar refractivity (Wildman–Crippen MR) is 154 cm³/mol. The Morgan fingerprint density at radius 1 is 1.21 bits per heavy atom. The van der Waals surface area contributed by atoms with Crippen LogP contribution in [0.3, 0.4) is 0 Å². The first-order chi connectivity index (χ1) is 20.1. The summed E-state index contributed by atoms with van der Waals surface area (Å²) in [5.41, 5.74) is 8.32. The molecule has 2 aromatic rings. The van der Waals surface area contributed by atoms with E-state index in [2.05, 4.69) is 25.6 Å². The molecule has 1 atom stereocenters. The number of nitrogens with zero attached hydrogens (tertiary/aromatic N) is 3. The van der Waals surface area contributed by atoms with Crippen LogP contribution in [-0.4, -0.2) is 77.8 Å². The number of H-pyrrole nitrogens is 1. The quantitative estimate of drug-likeness (QED) is 0.0961. The molecule has 0 radical (unpaired) electrons. The second kappa shape index (κ2) is 14.6. The number of carbonyl (C=O) groups excluding carboxylic acids is 5. The number of aliphatic imine (C=N–C) groups is 2. The fourth-order valence-corrected chi connectivity index (χ4v) is 3.86. The van der Waals surface area contributed by atoms with Crippen molar-refractivity contribution in [1.82, 2.24) is 20.5 Å². The van der Waals surface area contributed by atoms with E-state index in [1.807, 2.05) is 13.8 Å². The number of amidine groups is 1. The maximum atomic E-state index is 13.5. The van der Waals surface area contributed by atoms with Gasteiger partial charge in [0.15, 0.2) is 5.84 Å². The molecule has 0 aliphatic heterocycles. The number of hydrogen-bond acceptors (Lipinski definition) is 8. The molecule has 0 spiro atoms. The van der Waals surface area contributed by atoms with Crippen molar-refractivity contribution in [2.45, 2.75) is 59.0 Å². The van der Waals surface area contributed by atoms with Crippen LogP contribution in [0.5, 0.6) is 0 Å². The number of amides is 4. The Hall–Kier alpha value is -5.01. The molecule has 1 aromatic carbocycles. The fourth-order valence-electron chi connectivity index (χ4n) is 3.86. The lowest BCUT2D eigenvalue weighted by Gasteiger charge is -2.20. The number of carbonyl (C=O) groups is 5. The summed E-state index contributed by atoms with van der Waals surface area (Å²) in [4.78, 5) is 73.9. The lowest BCUT2D eigenvalue weighted by Crippen LogP contribution is -2.40. The standard InChI is InChI=1S/C28H35N7O7/c1-5-10-30-25(37)19-7-6-16(2)22(11-19)34-24(32-13-29)23-17(3)21(12-31-23)26(38)35(20-8-9-20)28(40)42-15-41-27(39)18(4)33-14-36/h6-7,11-14,18,20,31H,5,8-10,15H2,1-4H3,(H,30,37)(H,33,36)(H2,29,32,34)/t18-/m0/s1. The first-order valence-electron chi connectivity index (χ1n) is 13.4. The number of nitrogens with one attached hydrogen (secondary N) is 3. The first kappa shape index (κ1) is 31.5. The number of aromatic nitrogens is 1. The van der Waals surface area contributed by atoms with Gasteiger partial charge in [0.05, 0.1) is 23.3 Å². The Labute approximate surface area is 242 Å². The molecule has 0 bridgehead atoms. The number of ether oxygens (including phenoxy) is 2. The molecular formula is C28H35N7O7. The van der Waals surface area contributed by atoms with Gasteiger partial charge in [-0.25, -0.2) is 24.5 Å². The van der Waals surface area contributed by atoms with Gasteiger partial charge in [-0.05, 0) is 63.3 Å². The van der Waals surface area contributed by atoms with Crippen molar-refractivity contribution >= 4 is 48.1 Å². The molecule has 4 amide bonds. The van der Waals surface area contributed by atoms with Crippen molar-refractivity contribution in [2.75, 3.05) is 13.3 Å². The Balaban J connectivity index is 1.83. The lowest BCUT2D eigenvalue weighted by atomic mass is 10.1. The number of imide groups is 1. The van der Waals surface area contributed by atoms with Gasteiger partial charge in [0, 0.05) is 24.3 Å². The second-order valence-electron chi connectivity index (χ2n) is 9.58. The highest BCUT2D eigenvalue weighted by molar-refractivity contribution is 6.09. The summed E-state index contributed by atoms with van der Waals surface area (Å²) >= 11 is 0. The molecular weight excluding hydrogens is 546 g/mol. The maximum Gasteiger partial charge on any atom is 0.419 e. The Bertz CT molecular complexity index is 1390. The van der Waals surface area contributed by atoms with Crippen molar-refractivity contribution in [3.8, 4) is 0 Å².